The van der Waals surface area contributed by atoms with Gasteiger partial charge in [-0.05, 0) is 49.2 Å². The average molecular weight is 543 g/mol. The van der Waals surface area contributed by atoms with Crippen LogP contribution in [-0.2, 0) is 0 Å². The molecule has 3 aromatic rings. The minimum Gasteiger partial charge on any atom is -0.497 e. The fourth-order valence-electron chi connectivity index (χ4n) is 4.89. The van der Waals surface area contributed by atoms with Crippen LogP contribution in [0.4, 0.5) is 10.1 Å². The van der Waals surface area contributed by atoms with Crippen molar-refractivity contribution in [2.45, 2.75) is 18.8 Å². The van der Waals surface area contributed by atoms with Crippen LogP contribution in [0.3, 0.4) is 0 Å². The van der Waals surface area contributed by atoms with Gasteiger partial charge >= 0.3 is 0 Å². The van der Waals surface area contributed by atoms with Crippen LogP contribution in [0.1, 0.15) is 44.6 Å². The van der Waals surface area contributed by atoms with Crippen LogP contribution in [0.2, 0.25) is 5.02 Å². The molecule has 2 fully saturated rings. The van der Waals surface area contributed by atoms with Crippen LogP contribution in [-0.4, -0.2) is 73.0 Å². The zero-order chi connectivity index (χ0) is 25.9. The number of piperazine rings is 1. The lowest BCUT2D eigenvalue weighted by atomic mass is 9.97. The van der Waals surface area contributed by atoms with E-state index in [4.69, 9.17) is 16.3 Å². The SMILES string of the molecule is COc1ccc(N2CCN(C(=O)c3csc(C4CCN(C(=O)c5c(F)cccc5Cl)CC4)n3)CC2)cc1. The number of aromatic nitrogens is 1. The molecule has 10 heteroatoms. The number of methoxy groups -OCH3 is 1. The Labute approximate surface area is 224 Å². The molecule has 0 atom stereocenters. The van der Waals surface area contributed by atoms with Gasteiger partial charge < -0.3 is 19.4 Å². The average Bonchev–Trinajstić information content (AvgIpc) is 3.43. The third-order valence-corrected chi connectivity index (χ3v) is 8.38. The molecule has 5 rings (SSSR count). The summed E-state index contributed by atoms with van der Waals surface area (Å²) in [6.45, 7) is 3.77. The van der Waals surface area contributed by atoms with Gasteiger partial charge in [0.1, 0.15) is 17.3 Å². The van der Waals surface area contributed by atoms with Crippen LogP contribution in [0, 0.1) is 5.82 Å². The van der Waals surface area contributed by atoms with E-state index < -0.39 is 5.82 Å². The second-order valence-electron chi connectivity index (χ2n) is 9.21. The lowest BCUT2D eigenvalue weighted by Gasteiger charge is -2.35. The molecule has 0 N–H and O–H groups in total. The Bertz CT molecular complexity index is 1250. The first-order valence-corrected chi connectivity index (χ1v) is 13.6. The van der Waals surface area contributed by atoms with Crippen molar-refractivity contribution in [2.75, 3.05) is 51.3 Å². The highest BCUT2D eigenvalue weighted by Gasteiger charge is 2.30. The second-order valence-corrected chi connectivity index (χ2v) is 10.5. The summed E-state index contributed by atoms with van der Waals surface area (Å²) in [5.41, 5.74) is 1.53. The number of carbonyl (C=O) groups excluding carboxylic acids is 2. The summed E-state index contributed by atoms with van der Waals surface area (Å²) in [5.74, 6) is -0.0427. The summed E-state index contributed by atoms with van der Waals surface area (Å²) in [4.78, 5) is 36.4. The molecule has 0 aliphatic carbocycles. The highest BCUT2D eigenvalue weighted by atomic mass is 35.5. The molecule has 7 nitrogen and oxygen atoms in total. The van der Waals surface area contributed by atoms with Crippen molar-refractivity contribution in [3.8, 4) is 5.75 Å². The third-order valence-electron chi connectivity index (χ3n) is 7.05. The predicted molar refractivity (Wildman–Crippen MR) is 143 cm³/mol. The largest absolute Gasteiger partial charge is 0.497 e. The zero-order valence-corrected chi connectivity index (χ0v) is 22.1. The van der Waals surface area contributed by atoms with Crippen LogP contribution < -0.4 is 9.64 Å². The highest BCUT2D eigenvalue weighted by Crippen LogP contribution is 2.32. The molecule has 1 aromatic heterocycles. The fraction of sp³-hybridized carbons (Fsp3) is 0.370. The van der Waals surface area contributed by atoms with Crippen molar-refractivity contribution in [3.05, 3.63) is 74.9 Å². The Morgan fingerprint density at radius 1 is 0.973 bits per heavy atom. The van der Waals surface area contributed by atoms with Gasteiger partial charge in [0.25, 0.3) is 11.8 Å². The number of thiazole rings is 1. The maximum absolute atomic E-state index is 14.2. The normalized spacial score (nSPS) is 16.7. The van der Waals surface area contributed by atoms with Crippen molar-refractivity contribution in [2.24, 2.45) is 0 Å². The Balaban J connectivity index is 1.15. The van der Waals surface area contributed by atoms with E-state index in [1.165, 1.54) is 29.5 Å². The topological polar surface area (TPSA) is 66.0 Å². The van der Waals surface area contributed by atoms with Gasteiger partial charge in [0.05, 0.1) is 22.7 Å². The Kier molecular flexibility index (Phi) is 7.62. The molecule has 2 amide bonds. The second kappa shape index (κ2) is 11.1. The number of nitrogens with zero attached hydrogens (tertiary/aromatic N) is 4. The van der Waals surface area contributed by atoms with Gasteiger partial charge in [0, 0.05) is 56.3 Å². The molecular weight excluding hydrogens is 515 g/mol. The Morgan fingerprint density at radius 3 is 2.30 bits per heavy atom. The number of halogens is 2. The van der Waals surface area contributed by atoms with Gasteiger partial charge in [-0.2, -0.15) is 0 Å². The molecule has 0 spiro atoms. The van der Waals surface area contributed by atoms with E-state index in [9.17, 15) is 14.0 Å². The van der Waals surface area contributed by atoms with Crippen molar-refractivity contribution in [1.29, 1.82) is 0 Å². The van der Waals surface area contributed by atoms with Crippen molar-refractivity contribution >= 4 is 40.4 Å². The van der Waals surface area contributed by atoms with E-state index in [1.807, 2.05) is 34.5 Å². The zero-order valence-electron chi connectivity index (χ0n) is 20.5. The van der Waals surface area contributed by atoms with E-state index in [1.54, 1.807) is 12.0 Å². The molecule has 194 valence electrons. The van der Waals surface area contributed by atoms with Gasteiger partial charge in [-0.3, -0.25) is 9.59 Å². The van der Waals surface area contributed by atoms with Crippen molar-refractivity contribution in [1.82, 2.24) is 14.8 Å². The standard InChI is InChI=1S/C27H28ClFN4O3S/c1-36-20-7-5-19(6-8-20)31-13-15-33(16-14-31)26(34)23-17-37-25(30-23)18-9-11-32(12-10-18)27(35)24-21(28)3-2-4-22(24)29/h2-8,17-18H,9-16H2,1H3. The molecule has 0 radical (unpaired) electrons. The van der Waals surface area contributed by atoms with E-state index in [2.05, 4.69) is 9.88 Å². The molecule has 3 heterocycles. The fourth-order valence-corrected chi connectivity index (χ4v) is 6.09. The van der Waals surface area contributed by atoms with Gasteiger partial charge in [0.2, 0.25) is 0 Å². The number of ether oxygens (including phenoxy) is 1. The first-order valence-electron chi connectivity index (χ1n) is 12.3. The summed E-state index contributed by atoms with van der Waals surface area (Å²) in [6.07, 6.45) is 1.42. The van der Waals surface area contributed by atoms with Crippen molar-refractivity contribution in [3.63, 3.8) is 0 Å². The van der Waals surface area contributed by atoms with E-state index >= 15 is 0 Å². The predicted octanol–water partition coefficient (Wildman–Crippen LogP) is 4.93. The summed E-state index contributed by atoms with van der Waals surface area (Å²) in [6, 6.07) is 12.2. The lowest BCUT2D eigenvalue weighted by Crippen LogP contribution is -2.48. The van der Waals surface area contributed by atoms with Crippen molar-refractivity contribution < 1.29 is 18.7 Å². The number of hydrogen-bond acceptors (Lipinski definition) is 6. The monoisotopic (exact) mass is 542 g/mol. The number of likely N-dealkylation sites (tertiary alicyclic amines) is 1. The molecule has 2 aliphatic rings. The van der Waals surface area contributed by atoms with Crippen LogP contribution >= 0.6 is 22.9 Å². The first kappa shape index (κ1) is 25.5. The molecule has 2 aliphatic heterocycles. The van der Waals surface area contributed by atoms with Gasteiger partial charge in [-0.15, -0.1) is 11.3 Å². The molecule has 0 unspecified atom stereocenters. The van der Waals surface area contributed by atoms with Gasteiger partial charge in [0.15, 0.2) is 0 Å². The number of hydrogen-bond donors (Lipinski definition) is 0. The summed E-state index contributed by atoms with van der Waals surface area (Å²) < 4.78 is 19.4. The number of benzene rings is 2. The third kappa shape index (κ3) is 5.43. The molecule has 37 heavy (non-hydrogen) atoms. The number of piperidine rings is 1. The number of amides is 2. The maximum Gasteiger partial charge on any atom is 0.273 e. The van der Waals surface area contributed by atoms with E-state index in [-0.39, 0.29) is 28.3 Å². The summed E-state index contributed by atoms with van der Waals surface area (Å²) in [7, 11) is 1.65. The smallest absolute Gasteiger partial charge is 0.273 e. The molecule has 0 saturated carbocycles. The van der Waals surface area contributed by atoms with Crippen LogP contribution in [0.15, 0.2) is 47.8 Å². The molecule has 0 bridgehead atoms. The molecule has 2 aromatic carbocycles. The maximum atomic E-state index is 14.2. The number of anilines is 1. The van der Waals surface area contributed by atoms with E-state index in [0.717, 1.165) is 29.5 Å². The number of rotatable bonds is 5. The summed E-state index contributed by atoms with van der Waals surface area (Å²) >= 11 is 7.57. The molecular formula is C27H28ClFN4O3S. The quantitative estimate of drug-likeness (QED) is 0.457. The minimum atomic E-state index is -0.604. The Morgan fingerprint density at radius 2 is 1.65 bits per heavy atom. The van der Waals surface area contributed by atoms with Crippen LogP contribution in [0.25, 0.3) is 0 Å². The lowest BCUT2D eigenvalue weighted by molar-refractivity contribution is 0.0708. The highest BCUT2D eigenvalue weighted by molar-refractivity contribution is 7.09. The summed E-state index contributed by atoms with van der Waals surface area (Å²) in [5, 5.41) is 2.88. The number of carbonyl (C=O) groups is 2. The van der Waals surface area contributed by atoms with E-state index in [0.29, 0.717) is 44.7 Å². The Hall–Kier alpha value is -3.17. The van der Waals surface area contributed by atoms with Crippen LogP contribution in [0.5, 0.6) is 5.75 Å². The first-order chi connectivity index (χ1) is 17.9. The minimum absolute atomic E-state index is 0.0429. The van der Waals surface area contributed by atoms with Gasteiger partial charge in [-0.25, -0.2) is 9.37 Å². The van der Waals surface area contributed by atoms with Gasteiger partial charge in [-0.1, -0.05) is 17.7 Å². The molecule has 2 saturated heterocycles.